The van der Waals surface area contributed by atoms with Crippen molar-refractivity contribution in [1.82, 2.24) is 19.3 Å². The number of carbonyl (C=O) groups excluding carboxylic acids is 1. The number of rotatable bonds is 7. The highest BCUT2D eigenvalue weighted by Crippen LogP contribution is 2.26. The van der Waals surface area contributed by atoms with Crippen LogP contribution in [0.15, 0.2) is 24.3 Å². The quantitative estimate of drug-likeness (QED) is 0.506. The van der Waals surface area contributed by atoms with Gasteiger partial charge in [0.05, 0.1) is 18.5 Å². The molecule has 0 saturated heterocycles. The monoisotopic (exact) mass is 401 g/mol. The van der Waals surface area contributed by atoms with Crippen molar-refractivity contribution in [3.8, 4) is 5.75 Å². The van der Waals surface area contributed by atoms with E-state index >= 15 is 0 Å². The maximum atomic E-state index is 12.4. The number of benzene rings is 1. The third kappa shape index (κ3) is 4.26. The van der Waals surface area contributed by atoms with Crippen LogP contribution in [0.4, 0.5) is 22.6 Å². The molecule has 0 saturated carbocycles. The van der Waals surface area contributed by atoms with E-state index in [9.17, 15) is 4.79 Å². The molecule has 0 amide bonds. The van der Waals surface area contributed by atoms with Gasteiger partial charge in [-0.2, -0.15) is 19.3 Å². The molecule has 3 aromatic rings. The summed E-state index contributed by atoms with van der Waals surface area (Å²) in [6.45, 7) is 1.58. The van der Waals surface area contributed by atoms with Gasteiger partial charge in [0.1, 0.15) is 16.3 Å². The molecular formula is C17H19N7O3S. The number of aryl methyl sites for hydroxylation is 1. The van der Waals surface area contributed by atoms with Crippen molar-refractivity contribution in [3.63, 3.8) is 0 Å². The summed E-state index contributed by atoms with van der Waals surface area (Å²) < 4.78 is 14.8. The fraction of sp³-hybridized carbons (Fsp3) is 0.235. The van der Waals surface area contributed by atoms with Crippen molar-refractivity contribution in [3.05, 3.63) is 41.3 Å². The molecule has 0 bridgehead atoms. The molecule has 1 aromatic carbocycles. The van der Waals surface area contributed by atoms with Gasteiger partial charge in [-0.15, -0.1) is 0 Å². The number of esters is 1. The molecule has 2 heterocycles. The number of hydrogen-bond donors (Lipinski definition) is 3. The fourth-order valence-corrected chi connectivity index (χ4v) is 3.14. The second-order valence-electron chi connectivity index (χ2n) is 5.56. The van der Waals surface area contributed by atoms with Gasteiger partial charge in [-0.1, -0.05) is 12.1 Å². The van der Waals surface area contributed by atoms with Crippen LogP contribution in [0.1, 0.15) is 21.9 Å². The predicted octanol–water partition coefficient (Wildman–Crippen LogP) is 2.37. The lowest BCUT2D eigenvalue weighted by Gasteiger charge is -2.11. The highest BCUT2D eigenvalue weighted by molar-refractivity contribution is 7.10. The van der Waals surface area contributed by atoms with Crippen molar-refractivity contribution in [2.24, 2.45) is 0 Å². The normalized spacial score (nSPS) is 10.4. The Labute approximate surface area is 165 Å². The smallest absolute Gasteiger partial charge is 0.343 e. The summed E-state index contributed by atoms with van der Waals surface area (Å²) >= 11 is 1.19. The molecule has 28 heavy (non-hydrogen) atoms. The Kier molecular flexibility index (Phi) is 5.84. The third-order valence-corrected chi connectivity index (χ3v) is 4.63. The van der Waals surface area contributed by atoms with Crippen LogP contribution >= 0.6 is 11.5 Å². The van der Waals surface area contributed by atoms with E-state index in [1.807, 2.05) is 18.2 Å². The summed E-state index contributed by atoms with van der Waals surface area (Å²) in [5, 5.41) is 6.58. The lowest BCUT2D eigenvalue weighted by atomic mass is 10.2. The Bertz CT molecular complexity index is 993. The van der Waals surface area contributed by atoms with Crippen LogP contribution in [0, 0.1) is 6.92 Å². The van der Waals surface area contributed by atoms with Gasteiger partial charge >= 0.3 is 5.97 Å². The van der Waals surface area contributed by atoms with Gasteiger partial charge in [0, 0.05) is 7.05 Å². The highest BCUT2D eigenvalue weighted by Gasteiger charge is 2.20. The predicted molar refractivity (Wildman–Crippen MR) is 106 cm³/mol. The number of anilines is 4. The molecule has 4 N–H and O–H groups in total. The van der Waals surface area contributed by atoms with E-state index in [2.05, 4.69) is 30.0 Å². The number of hydrogen-bond acceptors (Lipinski definition) is 11. The molecular weight excluding hydrogens is 382 g/mol. The maximum absolute atomic E-state index is 12.4. The van der Waals surface area contributed by atoms with Crippen LogP contribution in [0.25, 0.3) is 0 Å². The summed E-state index contributed by atoms with van der Waals surface area (Å²) in [6, 6.07) is 7.29. The standard InChI is InChI=1S/C17H19N7O3S/c1-9-13(14(19-2)28-24-9)15(25)27-8-12-21-16(18)23-17(22-12)20-10-6-4-5-7-11(10)26-3/h4-7,19H,8H2,1-3H3,(H3,18,20,21,22,23). The van der Waals surface area contributed by atoms with Crippen molar-refractivity contribution in [2.75, 3.05) is 30.5 Å². The Balaban J connectivity index is 1.75. The molecule has 0 aliphatic heterocycles. The zero-order chi connectivity index (χ0) is 20.1. The average Bonchev–Trinajstić information content (AvgIpc) is 3.07. The van der Waals surface area contributed by atoms with Gasteiger partial charge in [-0.05, 0) is 30.6 Å². The zero-order valence-electron chi connectivity index (χ0n) is 15.5. The summed E-state index contributed by atoms with van der Waals surface area (Å²) in [6.07, 6.45) is 0. The molecule has 11 heteroatoms. The number of nitrogens with zero attached hydrogens (tertiary/aromatic N) is 4. The van der Waals surface area contributed by atoms with Crippen LogP contribution in [0.5, 0.6) is 5.75 Å². The van der Waals surface area contributed by atoms with Gasteiger partial charge < -0.3 is 25.8 Å². The second-order valence-corrected chi connectivity index (χ2v) is 6.33. The van der Waals surface area contributed by atoms with Crippen molar-refractivity contribution < 1.29 is 14.3 Å². The van der Waals surface area contributed by atoms with Gasteiger partial charge in [0.15, 0.2) is 12.4 Å². The maximum Gasteiger partial charge on any atom is 0.343 e. The number of nitrogens with two attached hydrogens (primary N) is 1. The Hall–Kier alpha value is -3.47. The molecule has 3 rings (SSSR count). The first kappa shape index (κ1) is 19.3. The van der Waals surface area contributed by atoms with Crippen LogP contribution in [-0.4, -0.2) is 39.5 Å². The number of carbonyl (C=O) groups is 1. The lowest BCUT2D eigenvalue weighted by molar-refractivity contribution is 0.0462. The molecule has 0 fully saturated rings. The number of nitrogens with one attached hydrogen (secondary N) is 2. The summed E-state index contributed by atoms with van der Waals surface area (Å²) in [7, 11) is 3.28. The first-order valence-electron chi connectivity index (χ1n) is 8.23. The fourth-order valence-electron chi connectivity index (χ4n) is 2.41. The number of para-hydroxylation sites is 2. The summed E-state index contributed by atoms with van der Waals surface area (Å²) in [5.74, 6) is 0.531. The minimum atomic E-state index is -0.520. The molecule has 2 aromatic heterocycles. The number of nitrogen functional groups attached to an aromatic ring is 1. The zero-order valence-corrected chi connectivity index (χ0v) is 16.3. The first-order valence-corrected chi connectivity index (χ1v) is 9.00. The molecule has 10 nitrogen and oxygen atoms in total. The SMILES string of the molecule is CNc1snc(C)c1C(=O)OCc1nc(N)nc(Nc2ccccc2OC)n1. The van der Waals surface area contributed by atoms with Crippen molar-refractivity contribution in [2.45, 2.75) is 13.5 Å². The van der Waals surface area contributed by atoms with Crippen LogP contribution in [-0.2, 0) is 11.3 Å². The molecule has 0 spiro atoms. The van der Waals surface area contributed by atoms with Crippen molar-refractivity contribution >= 4 is 40.1 Å². The first-order chi connectivity index (χ1) is 13.5. The van der Waals surface area contributed by atoms with Gasteiger partial charge in [-0.3, -0.25) is 0 Å². The van der Waals surface area contributed by atoms with Crippen molar-refractivity contribution in [1.29, 1.82) is 0 Å². The van der Waals surface area contributed by atoms with Crippen LogP contribution in [0.2, 0.25) is 0 Å². The molecule has 0 unspecified atom stereocenters. The van der Waals surface area contributed by atoms with E-state index in [4.69, 9.17) is 15.2 Å². The minimum Gasteiger partial charge on any atom is -0.495 e. The summed E-state index contributed by atoms with van der Waals surface area (Å²) in [5.41, 5.74) is 7.41. The highest BCUT2D eigenvalue weighted by atomic mass is 32.1. The third-order valence-electron chi connectivity index (χ3n) is 3.68. The van der Waals surface area contributed by atoms with Gasteiger partial charge in [-0.25, -0.2) is 4.79 Å². The molecule has 0 aliphatic rings. The Morgan fingerprint density at radius 1 is 1.25 bits per heavy atom. The van der Waals surface area contributed by atoms with E-state index in [0.29, 0.717) is 27.7 Å². The topological polar surface area (TPSA) is 137 Å². The summed E-state index contributed by atoms with van der Waals surface area (Å²) in [4.78, 5) is 24.7. The van der Waals surface area contributed by atoms with E-state index in [-0.39, 0.29) is 24.3 Å². The Morgan fingerprint density at radius 3 is 2.79 bits per heavy atom. The minimum absolute atomic E-state index is 0.00254. The van der Waals surface area contributed by atoms with Gasteiger partial charge in [0.25, 0.3) is 0 Å². The lowest BCUT2D eigenvalue weighted by Crippen LogP contribution is -2.12. The second kappa shape index (κ2) is 8.48. The Morgan fingerprint density at radius 2 is 2.04 bits per heavy atom. The van der Waals surface area contributed by atoms with E-state index in [1.54, 1.807) is 27.1 Å². The van der Waals surface area contributed by atoms with E-state index in [1.165, 1.54) is 11.5 Å². The number of ether oxygens (including phenoxy) is 2. The van der Waals surface area contributed by atoms with E-state index in [0.717, 1.165) is 0 Å². The van der Waals surface area contributed by atoms with Gasteiger partial charge in [0.2, 0.25) is 11.9 Å². The van der Waals surface area contributed by atoms with E-state index < -0.39 is 5.97 Å². The largest absolute Gasteiger partial charge is 0.495 e. The number of methoxy groups -OCH3 is 1. The molecule has 0 radical (unpaired) electrons. The van der Waals surface area contributed by atoms with Crippen LogP contribution < -0.4 is 21.1 Å². The molecule has 146 valence electrons. The average molecular weight is 401 g/mol. The molecule has 0 atom stereocenters. The van der Waals surface area contributed by atoms with Crippen LogP contribution in [0.3, 0.4) is 0 Å². The molecule has 0 aliphatic carbocycles. The number of aromatic nitrogens is 4.